The van der Waals surface area contributed by atoms with E-state index in [1.807, 2.05) is 61.5 Å². The van der Waals surface area contributed by atoms with Crippen LogP contribution in [0.2, 0.25) is 0 Å². The van der Waals surface area contributed by atoms with Crippen molar-refractivity contribution in [3.63, 3.8) is 0 Å². The topological polar surface area (TPSA) is 109 Å². The fourth-order valence-corrected chi connectivity index (χ4v) is 3.41. The third-order valence-electron chi connectivity index (χ3n) is 5.17. The summed E-state index contributed by atoms with van der Waals surface area (Å²) in [5, 5.41) is 20.8. The average molecular weight is 454 g/mol. The highest BCUT2D eigenvalue weighted by Crippen LogP contribution is 2.29. The first-order chi connectivity index (χ1) is 16.5. The number of hydrogen-bond donors (Lipinski definition) is 3. The second-order valence-corrected chi connectivity index (χ2v) is 7.63. The molecule has 3 aromatic carbocycles. The zero-order valence-corrected chi connectivity index (χ0v) is 18.4. The van der Waals surface area contributed by atoms with Crippen molar-refractivity contribution in [1.82, 2.24) is 4.98 Å². The summed E-state index contributed by atoms with van der Waals surface area (Å²) in [5.74, 6) is -0.434. The molecule has 170 valence electrons. The smallest absolute Gasteiger partial charge is 0.293 e. The molecule has 0 spiro atoms. The zero-order valence-electron chi connectivity index (χ0n) is 18.4. The molecule has 1 aromatic heterocycles. The lowest BCUT2D eigenvalue weighted by molar-refractivity contribution is -0.384. The van der Waals surface area contributed by atoms with Crippen molar-refractivity contribution < 1.29 is 9.72 Å². The molecule has 4 rings (SSSR count). The molecule has 0 bridgehead atoms. The Morgan fingerprint density at radius 3 is 2.24 bits per heavy atom. The number of rotatable bonds is 8. The van der Waals surface area contributed by atoms with Gasteiger partial charge in [-0.25, -0.2) is 0 Å². The molecule has 1 heterocycles. The van der Waals surface area contributed by atoms with E-state index in [-0.39, 0.29) is 17.3 Å². The van der Waals surface area contributed by atoms with Gasteiger partial charge >= 0.3 is 0 Å². The monoisotopic (exact) mass is 453 g/mol. The number of benzene rings is 3. The molecule has 8 heteroatoms. The van der Waals surface area contributed by atoms with E-state index >= 15 is 0 Å². The van der Waals surface area contributed by atoms with Gasteiger partial charge in [0.15, 0.2) is 0 Å². The summed E-state index contributed by atoms with van der Waals surface area (Å²) in [5.41, 5.74) is 3.49. The lowest BCUT2D eigenvalue weighted by atomic mass is 10.1. The second kappa shape index (κ2) is 10.3. The van der Waals surface area contributed by atoms with Crippen LogP contribution in [0.15, 0.2) is 97.2 Å². The van der Waals surface area contributed by atoms with Gasteiger partial charge in [0.05, 0.1) is 16.7 Å². The third-order valence-corrected chi connectivity index (χ3v) is 5.17. The Morgan fingerprint density at radius 1 is 0.882 bits per heavy atom. The van der Waals surface area contributed by atoms with Crippen LogP contribution in [0.3, 0.4) is 0 Å². The van der Waals surface area contributed by atoms with E-state index in [1.165, 1.54) is 6.07 Å². The van der Waals surface area contributed by atoms with Crippen molar-refractivity contribution in [2.45, 2.75) is 13.0 Å². The van der Waals surface area contributed by atoms with Crippen molar-refractivity contribution >= 4 is 34.3 Å². The SMILES string of the molecule is CC(Nc1ccc(C(=O)Nc2ccc(Nc3ccccc3)cc2)cc1[N+](=O)[O-])c1ccccn1. The molecule has 1 amide bonds. The van der Waals surface area contributed by atoms with E-state index in [9.17, 15) is 14.9 Å². The largest absolute Gasteiger partial charge is 0.371 e. The number of hydrogen-bond acceptors (Lipinski definition) is 6. The first-order valence-corrected chi connectivity index (χ1v) is 10.7. The molecule has 0 aliphatic carbocycles. The molecule has 0 radical (unpaired) electrons. The molecule has 0 aliphatic rings. The standard InChI is InChI=1S/C26H23N5O3/c1-18(23-9-5-6-16-27-23)28-24-15-10-19(17-25(24)31(33)34)26(32)30-22-13-11-21(12-14-22)29-20-7-3-2-4-8-20/h2-18,28-29H,1H3,(H,30,32). The molecular weight excluding hydrogens is 430 g/mol. The lowest BCUT2D eigenvalue weighted by Crippen LogP contribution is -2.14. The Morgan fingerprint density at radius 2 is 1.56 bits per heavy atom. The highest BCUT2D eigenvalue weighted by molar-refractivity contribution is 6.05. The van der Waals surface area contributed by atoms with Gasteiger partial charge in [0.1, 0.15) is 5.69 Å². The summed E-state index contributed by atoms with van der Waals surface area (Å²) in [4.78, 5) is 28.2. The van der Waals surface area contributed by atoms with Gasteiger partial charge in [-0.2, -0.15) is 0 Å². The second-order valence-electron chi connectivity index (χ2n) is 7.63. The van der Waals surface area contributed by atoms with E-state index in [1.54, 1.807) is 36.5 Å². The molecule has 0 saturated carbocycles. The van der Waals surface area contributed by atoms with E-state index < -0.39 is 10.8 Å². The van der Waals surface area contributed by atoms with Crippen LogP contribution in [0.5, 0.6) is 0 Å². The Hall–Kier alpha value is -4.72. The van der Waals surface area contributed by atoms with Crippen LogP contribution < -0.4 is 16.0 Å². The minimum atomic E-state index is -0.506. The molecule has 4 aromatic rings. The summed E-state index contributed by atoms with van der Waals surface area (Å²) >= 11 is 0. The molecule has 3 N–H and O–H groups in total. The number of nitrogens with zero attached hydrogens (tertiary/aromatic N) is 2. The van der Waals surface area contributed by atoms with Crippen molar-refractivity contribution in [2.24, 2.45) is 0 Å². The quantitative estimate of drug-likeness (QED) is 0.218. The predicted molar refractivity (Wildman–Crippen MR) is 133 cm³/mol. The van der Waals surface area contributed by atoms with Crippen molar-refractivity contribution in [3.05, 3.63) is 119 Å². The number of nitro groups is 1. The fourth-order valence-electron chi connectivity index (χ4n) is 3.41. The number of carbonyl (C=O) groups is 1. The van der Waals surface area contributed by atoms with Gasteiger partial charge in [0.25, 0.3) is 11.6 Å². The average Bonchev–Trinajstić information content (AvgIpc) is 2.86. The number of pyridine rings is 1. The highest BCUT2D eigenvalue weighted by Gasteiger charge is 2.20. The minimum absolute atomic E-state index is 0.183. The minimum Gasteiger partial charge on any atom is -0.371 e. The van der Waals surface area contributed by atoms with Gasteiger partial charge in [-0.15, -0.1) is 0 Å². The first kappa shape index (κ1) is 22.5. The Bertz CT molecular complexity index is 1280. The molecule has 8 nitrogen and oxygen atoms in total. The van der Waals surface area contributed by atoms with Gasteiger partial charge in [-0.3, -0.25) is 19.9 Å². The number of nitro benzene ring substituents is 1. The maximum Gasteiger partial charge on any atom is 0.293 e. The summed E-state index contributed by atoms with van der Waals surface area (Å²) in [6, 6.07) is 26.6. The Labute approximate surface area is 196 Å². The lowest BCUT2D eigenvalue weighted by Gasteiger charge is -2.15. The van der Waals surface area contributed by atoms with E-state index in [4.69, 9.17) is 0 Å². The number of para-hydroxylation sites is 1. The molecule has 1 atom stereocenters. The van der Waals surface area contributed by atoms with E-state index in [0.29, 0.717) is 11.4 Å². The summed E-state index contributed by atoms with van der Waals surface area (Å²) in [6.45, 7) is 1.86. The summed E-state index contributed by atoms with van der Waals surface area (Å²) in [7, 11) is 0. The van der Waals surface area contributed by atoms with Crippen LogP contribution in [0.25, 0.3) is 0 Å². The van der Waals surface area contributed by atoms with Gasteiger partial charge in [-0.05, 0) is 67.6 Å². The number of anilines is 4. The highest BCUT2D eigenvalue weighted by atomic mass is 16.6. The maximum absolute atomic E-state index is 12.7. The summed E-state index contributed by atoms with van der Waals surface area (Å²) in [6.07, 6.45) is 1.67. The zero-order chi connectivity index (χ0) is 23.9. The number of aromatic nitrogens is 1. The van der Waals surface area contributed by atoms with Crippen LogP contribution in [0.4, 0.5) is 28.4 Å². The third kappa shape index (κ3) is 5.55. The van der Waals surface area contributed by atoms with Crippen molar-refractivity contribution in [1.29, 1.82) is 0 Å². The first-order valence-electron chi connectivity index (χ1n) is 10.7. The molecule has 0 aliphatic heterocycles. The fraction of sp³-hybridized carbons (Fsp3) is 0.0769. The van der Waals surface area contributed by atoms with Crippen LogP contribution in [0, 0.1) is 10.1 Å². The predicted octanol–water partition coefficient (Wildman–Crippen LogP) is 6.16. The summed E-state index contributed by atoms with van der Waals surface area (Å²) < 4.78 is 0. The molecule has 34 heavy (non-hydrogen) atoms. The Balaban J connectivity index is 1.45. The number of nitrogens with one attached hydrogen (secondary N) is 3. The van der Waals surface area contributed by atoms with Crippen LogP contribution >= 0.6 is 0 Å². The van der Waals surface area contributed by atoms with Crippen LogP contribution in [-0.4, -0.2) is 15.8 Å². The van der Waals surface area contributed by atoms with Gasteiger partial charge in [-0.1, -0.05) is 24.3 Å². The van der Waals surface area contributed by atoms with Crippen LogP contribution in [0.1, 0.15) is 29.0 Å². The van der Waals surface area contributed by atoms with Gasteiger partial charge in [0, 0.05) is 34.9 Å². The van der Waals surface area contributed by atoms with Gasteiger partial charge < -0.3 is 16.0 Å². The van der Waals surface area contributed by atoms with Crippen molar-refractivity contribution in [2.75, 3.05) is 16.0 Å². The maximum atomic E-state index is 12.7. The molecule has 0 saturated heterocycles. The molecular formula is C26H23N5O3. The van der Waals surface area contributed by atoms with Crippen molar-refractivity contribution in [3.8, 4) is 0 Å². The molecule has 1 unspecified atom stereocenters. The Kier molecular flexibility index (Phi) is 6.78. The van der Waals surface area contributed by atoms with E-state index in [2.05, 4.69) is 20.9 Å². The number of amides is 1. The number of carbonyl (C=O) groups excluding carboxylic acids is 1. The molecule has 0 fully saturated rings. The van der Waals surface area contributed by atoms with Crippen LogP contribution in [-0.2, 0) is 0 Å². The van der Waals surface area contributed by atoms with E-state index in [0.717, 1.165) is 17.1 Å². The van der Waals surface area contributed by atoms with Gasteiger partial charge in [0.2, 0.25) is 0 Å². The normalized spacial score (nSPS) is 11.3.